The minimum atomic E-state index is 0.141. The Labute approximate surface area is 80.4 Å². The number of morpholine rings is 1. The first-order chi connectivity index (χ1) is 6.22. The Balaban J connectivity index is 1.98. The van der Waals surface area contributed by atoms with Gasteiger partial charge in [-0.3, -0.25) is 4.90 Å². The lowest BCUT2D eigenvalue weighted by Gasteiger charge is -2.41. The van der Waals surface area contributed by atoms with Crippen LogP contribution in [0, 0.1) is 0 Å². The summed E-state index contributed by atoms with van der Waals surface area (Å²) in [5.74, 6) is 0. The standard InChI is InChI=1S/C10H20N2O/c1-9(2)12-5-6-13-10(8-12)3-4-11-7-10/h9,11H,3-8H2,1-2H3. The predicted octanol–water partition coefficient (Wildman–Crippen LogP) is 0.459. The third-order valence-electron chi connectivity index (χ3n) is 3.21. The summed E-state index contributed by atoms with van der Waals surface area (Å²) in [5.41, 5.74) is 0.141. The molecular formula is C10H20N2O. The Morgan fingerprint density at radius 2 is 2.31 bits per heavy atom. The largest absolute Gasteiger partial charge is 0.371 e. The predicted molar refractivity (Wildman–Crippen MR) is 52.9 cm³/mol. The maximum absolute atomic E-state index is 5.90. The van der Waals surface area contributed by atoms with E-state index in [-0.39, 0.29) is 5.60 Å². The third-order valence-corrected chi connectivity index (χ3v) is 3.21. The summed E-state index contributed by atoms with van der Waals surface area (Å²) in [6.07, 6.45) is 1.18. The molecule has 0 aromatic carbocycles. The normalized spacial score (nSPS) is 36.2. The zero-order chi connectivity index (χ0) is 9.31. The van der Waals surface area contributed by atoms with Crippen LogP contribution in [0.15, 0.2) is 0 Å². The maximum Gasteiger partial charge on any atom is 0.0945 e. The average Bonchev–Trinajstić information content (AvgIpc) is 2.53. The maximum atomic E-state index is 5.90. The van der Waals surface area contributed by atoms with Gasteiger partial charge < -0.3 is 10.1 Å². The van der Waals surface area contributed by atoms with Crippen molar-refractivity contribution in [2.75, 3.05) is 32.8 Å². The molecule has 2 fully saturated rings. The van der Waals surface area contributed by atoms with E-state index in [1.807, 2.05) is 0 Å². The van der Waals surface area contributed by atoms with Gasteiger partial charge in [-0.25, -0.2) is 0 Å². The molecule has 13 heavy (non-hydrogen) atoms. The van der Waals surface area contributed by atoms with E-state index in [9.17, 15) is 0 Å². The van der Waals surface area contributed by atoms with Crippen LogP contribution in [0.2, 0.25) is 0 Å². The molecule has 76 valence electrons. The van der Waals surface area contributed by atoms with Crippen LogP contribution in [0.1, 0.15) is 20.3 Å². The van der Waals surface area contributed by atoms with Crippen LogP contribution < -0.4 is 5.32 Å². The van der Waals surface area contributed by atoms with Gasteiger partial charge in [0.05, 0.1) is 12.2 Å². The SMILES string of the molecule is CC(C)N1CCOC2(CCNC2)C1. The van der Waals surface area contributed by atoms with E-state index < -0.39 is 0 Å². The summed E-state index contributed by atoms with van der Waals surface area (Å²) in [6, 6.07) is 0.654. The molecule has 0 radical (unpaired) electrons. The van der Waals surface area contributed by atoms with Crippen LogP contribution in [0.4, 0.5) is 0 Å². The summed E-state index contributed by atoms with van der Waals surface area (Å²) < 4.78 is 5.90. The molecule has 2 aliphatic rings. The summed E-state index contributed by atoms with van der Waals surface area (Å²) in [5, 5.41) is 3.39. The molecule has 2 aliphatic heterocycles. The van der Waals surface area contributed by atoms with E-state index in [0.717, 1.165) is 32.8 Å². The molecule has 0 aliphatic carbocycles. The van der Waals surface area contributed by atoms with Crippen LogP contribution in [0.3, 0.4) is 0 Å². The smallest absolute Gasteiger partial charge is 0.0945 e. The van der Waals surface area contributed by atoms with Gasteiger partial charge in [0.15, 0.2) is 0 Å². The van der Waals surface area contributed by atoms with Crippen molar-refractivity contribution >= 4 is 0 Å². The van der Waals surface area contributed by atoms with Gasteiger partial charge in [0.1, 0.15) is 0 Å². The van der Waals surface area contributed by atoms with Gasteiger partial charge in [-0.05, 0) is 26.8 Å². The number of hydrogen-bond acceptors (Lipinski definition) is 3. The fourth-order valence-electron chi connectivity index (χ4n) is 2.29. The number of nitrogens with zero attached hydrogens (tertiary/aromatic N) is 1. The highest BCUT2D eigenvalue weighted by Gasteiger charge is 2.39. The molecular weight excluding hydrogens is 164 g/mol. The molecule has 2 heterocycles. The van der Waals surface area contributed by atoms with E-state index in [1.54, 1.807) is 0 Å². The van der Waals surface area contributed by atoms with Crippen molar-refractivity contribution in [2.24, 2.45) is 0 Å². The van der Waals surface area contributed by atoms with Crippen molar-refractivity contribution in [3.8, 4) is 0 Å². The highest BCUT2D eigenvalue weighted by molar-refractivity contribution is 4.95. The van der Waals surface area contributed by atoms with Crippen LogP contribution in [-0.2, 0) is 4.74 Å². The second-order valence-corrected chi connectivity index (χ2v) is 4.52. The minimum Gasteiger partial charge on any atom is -0.371 e. The lowest BCUT2D eigenvalue weighted by molar-refractivity contribution is -0.103. The van der Waals surface area contributed by atoms with Gasteiger partial charge in [-0.2, -0.15) is 0 Å². The van der Waals surface area contributed by atoms with Gasteiger partial charge in [-0.15, -0.1) is 0 Å². The average molecular weight is 184 g/mol. The van der Waals surface area contributed by atoms with Gasteiger partial charge in [0, 0.05) is 25.7 Å². The topological polar surface area (TPSA) is 24.5 Å². The summed E-state index contributed by atoms with van der Waals surface area (Å²) >= 11 is 0. The molecule has 2 saturated heterocycles. The van der Waals surface area contributed by atoms with Crippen LogP contribution in [-0.4, -0.2) is 49.3 Å². The first-order valence-corrected chi connectivity index (χ1v) is 5.31. The molecule has 1 atom stereocenters. The molecule has 1 spiro atoms. The highest BCUT2D eigenvalue weighted by atomic mass is 16.5. The second-order valence-electron chi connectivity index (χ2n) is 4.52. The lowest BCUT2D eigenvalue weighted by Crippen LogP contribution is -2.54. The van der Waals surface area contributed by atoms with Crippen molar-refractivity contribution in [2.45, 2.75) is 31.9 Å². The van der Waals surface area contributed by atoms with Crippen molar-refractivity contribution in [1.29, 1.82) is 0 Å². The van der Waals surface area contributed by atoms with Gasteiger partial charge in [-0.1, -0.05) is 0 Å². The molecule has 0 amide bonds. The molecule has 3 heteroatoms. The number of nitrogens with one attached hydrogen (secondary N) is 1. The summed E-state index contributed by atoms with van der Waals surface area (Å²) in [7, 11) is 0. The quantitative estimate of drug-likeness (QED) is 0.641. The Kier molecular flexibility index (Phi) is 2.58. The molecule has 0 aromatic heterocycles. The number of ether oxygens (including phenoxy) is 1. The van der Waals surface area contributed by atoms with Crippen molar-refractivity contribution in [1.82, 2.24) is 10.2 Å². The lowest BCUT2D eigenvalue weighted by atomic mass is 10.00. The second kappa shape index (κ2) is 3.56. The Morgan fingerprint density at radius 1 is 1.46 bits per heavy atom. The monoisotopic (exact) mass is 184 g/mol. The fourth-order valence-corrected chi connectivity index (χ4v) is 2.29. The van der Waals surface area contributed by atoms with E-state index >= 15 is 0 Å². The van der Waals surface area contributed by atoms with Crippen molar-refractivity contribution in [3.63, 3.8) is 0 Å². The van der Waals surface area contributed by atoms with Gasteiger partial charge in [0.25, 0.3) is 0 Å². The Hall–Kier alpha value is -0.120. The minimum absolute atomic E-state index is 0.141. The fraction of sp³-hybridized carbons (Fsp3) is 1.00. The zero-order valence-corrected chi connectivity index (χ0v) is 8.68. The Bertz CT molecular complexity index is 176. The van der Waals surface area contributed by atoms with Crippen LogP contribution in [0.5, 0.6) is 0 Å². The van der Waals surface area contributed by atoms with Crippen LogP contribution in [0.25, 0.3) is 0 Å². The van der Waals surface area contributed by atoms with E-state index in [2.05, 4.69) is 24.1 Å². The summed E-state index contributed by atoms with van der Waals surface area (Å²) in [4.78, 5) is 2.52. The number of rotatable bonds is 1. The summed E-state index contributed by atoms with van der Waals surface area (Å²) in [6.45, 7) is 9.79. The third kappa shape index (κ3) is 1.87. The van der Waals surface area contributed by atoms with E-state index in [0.29, 0.717) is 6.04 Å². The first kappa shape index (κ1) is 9.44. The van der Waals surface area contributed by atoms with Crippen molar-refractivity contribution in [3.05, 3.63) is 0 Å². The Morgan fingerprint density at radius 3 is 2.92 bits per heavy atom. The molecule has 0 saturated carbocycles. The zero-order valence-electron chi connectivity index (χ0n) is 8.68. The first-order valence-electron chi connectivity index (χ1n) is 5.31. The molecule has 3 nitrogen and oxygen atoms in total. The molecule has 2 rings (SSSR count). The van der Waals surface area contributed by atoms with Gasteiger partial charge in [0.2, 0.25) is 0 Å². The highest BCUT2D eigenvalue weighted by Crippen LogP contribution is 2.25. The molecule has 1 unspecified atom stereocenters. The van der Waals surface area contributed by atoms with Crippen molar-refractivity contribution < 1.29 is 4.74 Å². The molecule has 0 bridgehead atoms. The number of hydrogen-bond donors (Lipinski definition) is 1. The molecule has 0 aromatic rings. The molecule has 1 N–H and O–H groups in total. The van der Waals surface area contributed by atoms with E-state index in [1.165, 1.54) is 6.42 Å². The van der Waals surface area contributed by atoms with E-state index in [4.69, 9.17) is 4.74 Å². The van der Waals surface area contributed by atoms with Gasteiger partial charge >= 0.3 is 0 Å². The van der Waals surface area contributed by atoms with Crippen LogP contribution >= 0.6 is 0 Å².